The number of ether oxygens (including phenoxy) is 2. The van der Waals surface area contributed by atoms with E-state index in [1.54, 1.807) is 37.3 Å². The molecule has 0 fully saturated rings. The van der Waals surface area contributed by atoms with Gasteiger partial charge in [-0.05, 0) is 42.8 Å². The lowest BCUT2D eigenvalue weighted by Crippen LogP contribution is -2.33. The highest BCUT2D eigenvalue weighted by Gasteiger charge is 2.18. The van der Waals surface area contributed by atoms with Crippen molar-refractivity contribution in [2.24, 2.45) is 0 Å². The molecule has 0 aliphatic rings. The van der Waals surface area contributed by atoms with Crippen LogP contribution in [0, 0.1) is 0 Å². The maximum atomic E-state index is 13.0. The first-order valence-corrected chi connectivity index (χ1v) is 9.23. The van der Waals surface area contributed by atoms with Crippen LogP contribution in [0.3, 0.4) is 0 Å². The van der Waals surface area contributed by atoms with Crippen LogP contribution in [0.25, 0.3) is 5.69 Å². The summed E-state index contributed by atoms with van der Waals surface area (Å²) in [6.45, 7) is 2.76. The summed E-state index contributed by atoms with van der Waals surface area (Å²) in [5, 5.41) is 4.28. The topological polar surface area (TPSA) is 73.7 Å². The summed E-state index contributed by atoms with van der Waals surface area (Å²) in [4.78, 5) is 26.9. The van der Waals surface area contributed by atoms with Gasteiger partial charge >= 0.3 is 0 Å². The second-order valence-corrected chi connectivity index (χ2v) is 6.31. The number of rotatable bonds is 7. The molecule has 3 rings (SSSR count). The highest BCUT2D eigenvalue weighted by atomic mass is 16.5. The number of aromatic nitrogens is 2. The molecule has 2 aromatic carbocycles. The van der Waals surface area contributed by atoms with Crippen LogP contribution < -0.4 is 15.0 Å². The van der Waals surface area contributed by atoms with Gasteiger partial charge in [0.25, 0.3) is 11.5 Å². The lowest BCUT2D eigenvalue weighted by atomic mass is 10.1. The van der Waals surface area contributed by atoms with Gasteiger partial charge in [-0.2, -0.15) is 9.78 Å². The first-order chi connectivity index (χ1) is 14.1. The highest BCUT2D eigenvalue weighted by Crippen LogP contribution is 2.28. The molecule has 7 nitrogen and oxygen atoms in total. The van der Waals surface area contributed by atoms with E-state index < -0.39 is 0 Å². The van der Waals surface area contributed by atoms with Crippen molar-refractivity contribution in [3.05, 3.63) is 82.3 Å². The summed E-state index contributed by atoms with van der Waals surface area (Å²) in [7, 11) is 3.15. The molecular formula is C22H23N3O4. The molecule has 0 radical (unpaired) electrons. The van der Waals surface area contributed by atoms with Gasteiger partial charge < -0.3 is 14.4 Å². The maximum Gasteiger partial charge on any atom is 0.274 e. The molecule has 29 heavy (non-hydrogen) atoms. The molecule has 3 aromatic rings. The number of amides is 1. The zero-order valence-corrected chi connectivity index (χ0v) is 16.7. The standard InChI is InChI=1S/C22H23N3O4/c1-4-24(15-16-10-12-19(28-2)20(14-16)29-3)22(27)18-11-13-21(26)25(23-18)17-8-6-5-7-9-17/h5-14H,4,15H2,1-3H3. The Bertz CT molecular complexity index is 1050. The van der Waals surface area contributed by atoms with Crippen LogP contribution >= 0.6 is 0 Å². The molecule has 0 saturated carbocycles. The Morgan fingerprint density at radius 2 is 1.72 bits per heavy atom. The summed E-state index contributed by atoms with van der Waals surface area (Å²) < 4.78 is 11.8. The molecule has 0 aliphatic carbocycles. The second-order valence-electron chi connectivity index (χ2n) is 6.31. The van der Waals surface area contributed by atoms with Crippen molar-refractivity contribution in [3.63, 3.8) is 0 Å². The normalized spacial score (nSPS) is 10.4. The van der Waals surface area contributed by atoms with E-state index in [0.29, 0.717) is 30.3 Å². The first kappa shape index (κ1) is 20.1. The number of carbonyl (C=O) groups excluding carboxylic acids is 1. The molecule has 0 spiro atoms. The lowest BCUT2D eigenvalue weighted by Gasteiger charge is -2.21. The predicted octanol–water partition coefficient (Wildman–Crippen LogP) is 2.91. The Balaban J connectivity index is 1.88. The molecule has 1 heterocycles. The molecule has 7 heteroatoms. The number of methoxy groups -OCH3 is 2. The summed E-state index contributed by atoms with van der Waals surface area (Å²) in [6.07, 6.45) is 0. The van der Waals surface area contributed by atoms with Crippen molar-refractivity contribution >= 4 is 5.91 Å². The Morgan fingerprint density at radius 1 is 1.00 bits per heavy atom. The van der Waals surface area contributed by atoms with Crippen molar-refractivity contribution < 1.29 is 14.3 Å². The number of hydrogen-bond acceptors (Lipinski definition) is 5. The van der Waals surface area contributed by atoms with Gasteiger partial charge in [-0.15, -0.1) is 0 Å². The third kappa shape index (κ3) is 4.45. The SMILES string of the molecule is CCN(Cc1ccc(OC)c(OC)c1)C(=O)c1ccc(=O)n(-c2ccccc2)n1. The number of benzene rings is 2. The van der Waals surface area contributed by atoms with E-state index in [1.165, 1.54) is 16.8 Å². The summed E-state index contributed by atoms with van der Waals surface area (Å²) in [5.41, 5.74) is 1.41. The van der Waals surface area contributed by atoms with Crippen LogP contribution in [0.15, 0.2) is 65.5 Å². The molecule has 1 amide bonds. The Morgan fingerprint density at radius 3 is 2.38 bits per heavy atom. The quantitative estimate of drug-likeness (QED) is 0.617. The summed E-state index contributed by atoms with van der Waals surface area (Å²) in [6, 6.07) is 17.4. The van der Waals surface area contributed by atoms with E-state index in [-0.39, 0.29) is 17.2 Å². The Labute approximate surface area is 169 Å². The zero-order valence-electron chi connectivity index (χ0n) is 16.7. The summed E-state index contributed by atoms with van der Waals surface area (Å²) >= 11 is 0. The number of hydrogen-bond donors (Lipinski definition) is 0. The molecule has 0 unspecified atom stereocenters. The van der Waals surface area contributed by atoms with Gasteiger partial charge in [0, 0.05) is 19.2 Å². The van der Waals surface area contributed by atoms with Gasteiger partial charge in [-0.25, -0.2) is 0 Å². The summed E-state index contributed by atoms with van der Waals surface area (Å²) in [5.74, 6) is 0.971. The average molecular weight is 393 g/mol. The van der Waals surface area contributed by atoms with E-state index in [2.05, 4.69) is 5.10 Å². The molecule has 0 saturated heterocycles. The Hall–Kier alpha value is -3.61. The molecule has 1 aromatic heterocycles. The lowest BCUT2D eigenvalue weighted by molar-refractivity contribution is 0.0744. The van der Waals surface area contributed by atoms with Crippen LogP contribution in [0.2, 0.25) is 0 Å². The fourth-order valence-corrected chi connectivity index (χ4v) is 2.97. The third-order valence-electron chi connectivity index (χ3n) is 4.51. The van der Waals surface area contributed by atoms with Crippen LogP contribution in [0.1, 0.15) is 23.0 Å². The van der Waals surface area contributed by atoms with E-state index in [0.717, 1.165) is 5.56 Å². The number of carbonyl (C=O) groups is 1. The van der Waals surface area contributed by atoms with Gasteiger partial charge in [0.2, 0.25) is 0 Å². The monoisotopic (exact) mass is 393 g/mol. The van der Waals surface area contributed by atoms with Crippen LogP contribution in [-0.4, -0.2) is 41.4 Å². The minimum absolute atomic E-state index is 0.204. The average Bonchev–Trinajstić information content (AvgIpc) is 2.77. The van der Waals surface area contributed by atoms with Gasteiger partial charge in [0.1, 0.15) is 5.69 Å². The van der Waals surface area contributed by atoms with E-state index >= 15 is 0 Å². The minimum Gasteiger partial charge on any atom is -0.493 e. The van der Waals surface area contributed by atoms with Gasteiger partial charge in [0.05, 0.1) is 19.9 Å². The van der Waals surface area contributed by atoms with Crippen molar-refractivity contribution in [2.75, 3.05) is 20.8 Å². The molecule has 0 bridgehead atoms. The van der Waals surface area contributed by atoms with E-state index in [1.807, 2.05) is 37.3 Å². The fourth-order valence-electron chi connectivity index (χ4n) is 2.97. The minimum atomic E-state index is -0.296. The number of para-hydroxylation sites is 1. The van der Waals surface area contributed by atoms with Crippen LogP contribution in [0.5, 0.6) is 11.5 Å². The largest absolute Gasteiger partial charge is 0.493 e. The van der Waals surface area contributed by atoms with Crippen molar-refractivity contribution in [1.82, 2.24) is 14.7 Å². The van der Waals surface area contributed by atoms with Crippen molar-refractivity contribution in [2.45, 2.75) is 13.5 Å². The first-order valence-electron chi connectivity index (χ1n) is 9.23. The van der Waals surface area contributed by atoms with Crippen molar-refractivity contribution in [3.8, 4) is 17.2 Å². The smallest absolute Gasteiger partial charge is 0.274 e. The molecule has 0 atom stereocenters. The van der Waals surface area contributed by atoms with Crippen LogP contribution in [-0.2, 0) is 6.54 Å². The fraction of sp³-hybridized carbons (Fsp3) is 0.227. The predicted molar refractivity (Wildman–Crippen MR) is 110 cm³/mol. The zero-order chi connectivity index (χ0) is 20.8. The maximum absolute atomic E-state index is 13.0. The van der Waals surface area contributed by atoms with Crippen molar-refractivity contribution in [1.29, 1.82) is 0 Å². The third-order valence-corrected chi connectivity index (χ3v) is 4.51. The molecule has 150 valence electrons. The van der Waals surface area contributed by atoms with E-state index in [9.17, 15) is 9.59 Å². The number of nitrogens with zero attached hydrogens (tertiary/aromatic N) is 3. The highest BCUT2D eigenvalue weighted by molar-refractivity contribution is 5.92. The van der Waals surface area contributed by atoms with Crippen LogP contribution in [0.4, 0.5) is 0 Å². The molecular weight excluding hydrogens is 370 g/mol. The second kappa shape index (κ2) is 9.05. The molecule has 0 N–H and O–H groups in total. The molecule has 0 aliphatic heterocycles. The van der Waals surface area contributed by atoms with Gasteiger partial charge in [0.15, 0.2) is 11.5 Å². The van der Waals surface area contributed by atoms with Gasteiger partial charge in [-0.3, -0.25) is 9.59 Å². The van der Waals surface area contributed by atoms with Gasteiger partial charge in [-0.1, -0.05) is 24.3 Å². The Kier molecular flexibility index (Phi) is 6.29. The van der Waals surface area contributed by atoms with E-state index in [4.69, 9.17) is 9.47 Å².